The molecule has 2 aliphatic rings. The van der Waals surface area contributed by atoms with Crippen LogP contribution in [-0.4, -0.2) is 74.8 Å². The zero-order chi connectivity index (χ0) is 17.9. The van der Waals surface area contributed by atoms with Gasteiger partial charge in [-0.3, -0.25) is 4.99 Å². The molecule has 6 heteroatoms. The number of nitrogens with one attached hydrogen (secondary N) is 2. The maximum atomic E-state index is 5.18. The third-order valence-corrected chi connectivity index (χ3v) is 6.70. The molecule has 0 bridgehead atoms. The summed E-state index contributed by atoms with van der Waals surface area (Å²) in [7, 11) is 3.68. The standard InChI is InChI=1S/C19H38N4OS/c1-4-25-18-7-5-6-17(14-18)22-19(20-2)21-15-16-8-10-23(11-9-16)12-13-24-3/h16-18H,4-15H2,1-3H3,(H2,20,21,22). The molecule has 0 aromatic carbocycles. The van der Waals surface area contributed by atoms with Crippen LogP contribution in [0.4, 0.5) is 0 Å². The van der Waals surface area contributed by atoms with Crippen LogP contribution in [0.15, 0.2) is 4.99 Å². The van der Waals surface area contributed by atoms with Gasteiger partial charge in [0.25, 0.3) is 0 Å². The number of hydrogen-bond acceptors (Lipinski definition) is 4. The van der Waals surface area contributed by atoms with Crippen LogP contribution in [0.1, 0.15) is 45.4 Å². The number of aliphatic imine (C=N–C) groups is 1. The molecule has 0 amide bonds. The zero-order valence-electron chi connectivity index (χ0n) is 16.4. The van der Waals surface area contributed by atoms with Gasteiger partial charge < -0.3 is 20.3 Å². The van der Waals surface area contributed by atoms with Crippen molar-refractivity contribution in [3.8, 4) is 0 Å². The molecule has 146 valence electrons. The van der Waals surface area contributed by atoms with E-state index in [9.17, 15) is 0 Å². The minimum absolute atomic E-state index is 0.583. The van der Waals surface area contributed by atoms with Gasteiger partial charge in [0.15, 0.2) is 5.96 Å². The second-order valence-corrected chi connectivity index (χ2v) is 8.89. The Hall–Kier alpha value is -0.460. The Kier molecular flexibility index (Phi) is 10.0. The lowest BCUT2D eigenvalue weighted by Crippen LogP contribution is -2.47. The maximum absolute atomic E-state index is 5.18. The monoisotopic (exact) mass is 370 g/mol. The summed E-state index contributed by atoms with van der Waals surface area (Å²) < 4.78 is 5.18. The lowest BCUT2D eigenvalue weighted by molar-refractivity contribution is 0.121. The fourth-order valence-electron chi connectivity index (χ4n) is 3.93. The molecule has 2 fully saturated rings. The Labute approximate surface area is 158 Å². The number of nitrogens with zero attached hydrogens (tertiary/aromatic N) is 2. The summed E-state index contributed by atoms with van der Waals surface area (Å²) in [5.41, 5.74) is 0. The Bertz CT molecular complexity index is 384. The number of piperidine rings is 1. The number of likely N-dealkylation sites (tertiary alicyclic amines) is 1. The van der Waals surface area contributed by atoms with Gasteiger partial charge in [-0.2, -0.15) is 11.8 Å². The Morgan fingerprint density at radius 3 is 2.72 bits per heavy atom. The molecule has 0 radical (unpaired) electrons. The molecule has 2 rings (SSSR count). The molecule has 0 aromatic heterocycles. The summed E-state index contributed by atoms with van der Waals surface area (Å²) in [5.74, 6) is 2.98. The molecular weight excluding hydrogens is 332 g/mol. The minimum Gasteiger partial charge on any atom is -0.383 e. The van der Waals surface area contributed by atoms with Gasteiger partial charge in [0.1, 0.15) is 0 Å². The largest absolute Gasteiger partial charge is 0.383 e. The molecule has 2 N–H and O–H groups in total. The first-order chi connectivity index (χ1) is 12.2. The lowest BCUT2D eigenvalue weighted by atomic mass is 9.95. The first kappa shape index (κ1) is 20.8. The van der Waals surface area contributed by atoms with Crippen molar-refractivity contribution >= 4 is 17.7 Å². The fourth-order valence-corrected chi connectivity index (χ4v) is 5.10. The molecule has 25 heavy (non-hydrogen) atoms. The van der Waals surface area contributed by atoms with E-state index in [0.29, 0.717) is 6.04 Å². The molecule has 0 aromatic rings. The van der Waals surface area contributed by atoms with Gasteiger partial charge in [-0.1, -0.05) is 13.3 Å². The van der Waals surface area contributed by atoms with Crippen LogP contribution in [0.2, 0.25) is 0 Å². The summed E-state index contributed by atoms with van der Waals surface area (Å²) in [6.07, 6.45) is 7.81. The van der Waals surface area contributed by atoms with E-state index in [-0.39, 0.29) is 0 Å². The summed E-state index contributed by atoms with van der Waals surface area (Å²) in [6.45, 7) is 7.61. The molecule has 1 saturated heterocycles. The molecule has 5 nitrogen and oxygen atoms in total. The summed E-state index contributed by atoms with van der Waals surface area (Å²) in [5, 5.41) is 8.07. The predicted octanol–water partition coefficient (Wildman–Crippen LogP) is 2.57. The van der Waals surface area contributed by atoms with E-state index < -0.39 is 0 Å². The quantitative estimate of drug-likeness (QED) is 0.508. The highest BCUT2D eigenvalue weighted by Gasteiger charge is 2.23. The van der Waals surface area contributed by atoms with Crippen molar-refractivity contribution in [3.05, 3.63) is 0 Å². The Morgan fingerprint density at radius 2 is 2.04 bits per heavy atom. The first-order valence-electron chi connectivity index (χ1n) is 10.0. The topological polar surface area (TPSA) is 48.9 Å². The van der Waals surface area contributed by atoms with Crippen molar-refractivity contribution in [2.24, 2.45) is 10.9 Å². The van der Waals surface area contributed by atoms with Crippen molar-refractivity contribution in [1.82, 2.24) is 15.5 Å². The number of ether oxygens (including phenoxy) is 1. The zero-order valence-corrected chi connectivity index (χ0v) is 17.2. The Balaban J connectivity index is 1.65. The van der Waals surface area contributed by atoms with E-state index in [0.717, 1.165) is 36.8 Å². The number of hydrogen-bond donors (Lipinski definition) is 2. The molecule has 0 spiro atoms. The SMILES string of the molecule is CCSC1CCCC(NC(=NC)NCC2CCN(CCOC)CC2)C1. The molecule has 1 heterocycles. The summed E-state index contributed by atoms with van der Waals surface area (Å²) in [6, 6.07) is 0.583. The van der Waals surface area contributed by atoms with Gasteiger partial charge in [-0.25, -0.2) is 0 Å². The fraction of sp³-hybridized carbons (Fsp3) is 0.947. The summed E-state index contributed by atoms with van der Waals surface area (Å²) >= 11 is 2.12. The van der Waals surface area contributed by atoms with Crippen LogP contribution in [0.3, 0.4) is 0 Å². The van der Waals surface area contributed by atoms with Gasteiger partial charge in [-0.15, -0.1) is 0 Å². The number of guanidine groups is 1. The maximum Gasteiger partial charge on any atom is 0.191 e. The van der Waals surface area contributed by atoms with E-state index in [1.807, 2.05) is 7.05 Å². The van der Waals surface area contributed by atoms with Gasteiger partial charge in [0, 0.05) is 38.5 Å². The van der Waals surface area contributed by atoms with Gasteiger partial charge in [0.05, 0.1) is 6.61 Å². The Morgan fingerprint density at radius 1 is 1.24 bits per heavy atom. The highest BCUT2D eigenvalue weighted by Crippen LogP contribution is 2.28. The first-order valence-corrected chi connectivity index (χ1v) is 11.1. The van der Waals surface area contributed by atoms with E-state index in [1.165, 1.54) is 57.4 Å². The number of thioether (sulfide) groups is 1. The van der Waals surface area contributed by atoms with Crippen molar-refractivity contribution < 1.29 is 4.74 Å². The smallest absolute Gasteiger partial charge is 0.191 e. The average Bonchev–Trinajstić information content (AvgIpc) is 2.65. The van der Waals surface area contributed by atoms with E-state index in [2.05, 4.69) is 39.2 Å². The minimum atomic E-state index is 0.583. The van der Waals surface area contributed by atoms with Crippen LogP contribution in [0, 0.1) is 5.92 Å². The van der Waals surface area contributed by atoms with Crippen LogP contribution in [0.25, 0.3) is 0 Å². The van der Waals surface area contributed by atoms with Crippen LogP contribution in [0.5, 0.6) is 0 Å². The van der Waals surface area contributed by atoms with Crippen LogP contribution in [-0.2, 0) is 4.74 Å². The van der Waals surface area contributed by atoms with Crippen LogP contribution >= 0.6 is 11.8 Å². The van der Waals surface area contributed by atoms with E-state index >= 15 is 0 Å². The highest BCUT2D eigenvalue weighted by atomic mass is 32.2. The van der Waals surface area contributed by atoms with Crippen molar-refractivity contribution in [2.75, 3.05) is 52.7 Å². The van der Waals surface area contributed by atoms with Gasteiger partial charge in [-0.05, 0) is 56.9 Å². The van der Waals surface area contributed by atoms with Gasteiger partial charge in [0.2, 0.25) is 0 Å². The highest BCUT2D eigenvalue weighted by molar-refractivity contribution is 7.99. The molecule has 2 atom stereocenters. The second kappa shape index (κ2) is 12.0. The molecule has 1 saturated carbocycles. The number of methoxy groups -OCH3 is 1. The lowest BCUT2D eigenvalue weighted by Gasteiger charge is -2.33. The van der Waals surface area contributed by atoms with Crippen molar-refractivity contribution in [3.63, 3.8) is 0 Å². The normalized spacial score (nSPS) is 26.6. The molecule has 1 aliphatic heterocycles. The summed E-state index contributed by atoms with van der Waals surface area (Å²) in [4.78, 5) is 6.97. The number of rotatable bonds is 8. The van der Waals surface area contributed by atoms with Crippen LogP contribution < -0.4 is 10.6 Å². The van der Waals surface area contributed by atoms with Crippen molar-refractivity contribution in [1.29, 1.82) is 0 Å². The molecular formula is C19H38N4OS. The molecule has 2 unspecified atom stereocenters. The third kappa shape index (κ3) is 7.75. The molecule has 1 aliphatic carbocycles. The third-order valence-electron chi connectivity index (χ3n) is 5.47. The van der Waals surface area contributed by atoms with Crippen molar-refractivity contribution in [2.45, 2.75) is 56.7 Å². The van der Waals surface area contributed by atoms with E-state index in [1.54, 1.807) is 7.11 Å². The second-order valence-electron chi connectivity index (χ2n) is 7.32. The predicted molar refractivity (Wildman–Crippen MR) is 110 cm³/mol. The average molecular weight is 371 g/mol. The van der Waals surface area contributed by atoms with Gasteiger partial charge >= 0.3 is 0 Å². The van der Waals surface area contributed by atoms with E-state index in [4.69, 9.17) is 4.74 Å².